The van der Waals surface area contributed by atoms with Crippen LogP contribution in [0, 0.1) is 11.8 Å². The number of benzene rings is 2. The first-order valence-corrected chi connectivity index (χ1v) is 10.0. The summed E-state index contributed by atoms with van der Waals surface area (Å²) in [6.07, 6.45) is 0. The molecule has 30 heavy (non-hydrogen) atoms. The van der Waals surface area contributed by atoms with Crippen molar-refractivity contribution in [3.8, 4) is 34.5 Å². The molecule has 0 aliphatic heterocycles. The van der Waals surface area contributed by atoms with Crippen LogP contribution in [0.25, 0.3) is 0 Å². The highest BCUT2D eigenvalue weighted by molar-refractivity contribution is 5.57. The molecule has 0 radical (unpaired) electrons. The molecule has 0 unspecified atom stereocenters. The Balaban J connectivity index is 2.14. The van der Waals surface area contributed by atoms with E-state index in [-0.39, 0.29) is 11.8 Å². The van der Waals surface area contributed by atoms with E-state index in [2.05, 4.69) is 13.8 Å². The van der Waals surface area contributed by atoms with Crippen LogP contribution in [0.15, 0.2) is 24.3 Å². The Kier molecular flexibility index (Phi) is 6.54. The predicted octanol–water partition coefficient (Wildman–Crippen LogP) is 4.89. The normalized spacial score (nSPS) is 22.7. The Morgan fingerprint density at radius 3 is 0.967 bits per heavy atom. The highest BCUT2D eigenvalue weighted by Gasteiger charge is 2.49. The van der Waals surface area contributed by atoms with E-state index in [0.717, 1.165) is 22.6 Å². The minimum Gasteiger partial charge on any atom is -0.496 e. The molecule has 0 spiro atoms. The maximum absolute atomic E-state index is 5.74. The van der Waals surface area contributed by atoms with Gasteiger partial charge in [-0.15, -0.1) is 0 Å². The Morgan fingerprint density at radius 2 is 0.700 bits per heavy atom. The fourth-order valence-corrected chi connectivity index (χ4v) is 4.74. The maximum Gasteiger partial charge on any atom is 0.164 e. The molecule has 0 aromatic heterocycles. The van der Waals surface area contributed by atoms with E-state index in [9.17, 15) is 0 Å². The molecular formula is C24H32O6. The molecule has 1 aliphatic carbocycles. The van der Waals surface area contributed by atoms with Crippen molar-refractivity contribution < 1.29 is 28.4 Å². The van der Waals surface area contributed by atoms with Gasteiger partial charge in [-0.25, -0.2) is 0 Å². The van der Waals surface area contributed by atoms with E-state index in [4.69, 9.17) is 28.4 Å². The molecule has 3 rings (SSSR count). The summed E-state index contributed by atoms with van der Waals surface area (Å²) in [4.78, 5) is 0. The summed E-state index contributed by atoms with van der Waals surface area (Å²) in [5.74, 6) is 5.61. The fraction of sp³-hybridized carbons (Fsp3) is 0.500. The van der Waals surface area contributed by atoms with Gasteiger partial charge in [0.1, 0.15) is 11.5 Å². The molecule has 1 fully saturated rings. The van der Waals surface area contributed by atoms with Crippen LogP contribution in [0.2, 0.25) is 0 Å². The first kappa shape index (κ1) is 21.9. The van der Waals surface area contributed by atoms with Crippen molar-refractivity contribution in [1.29, 1.82) is 0 Å². The lowest BCUT2D eigenvalue weighted by Gasteiger charge is -2.50. The Morgan fingerprint density at radius 1 is 0.433 bits per heavy atom. The molecule has 0 N–H and O–H groups in total. The molecule has 0 amide bonds. The largest absolute Gasteiger partial charge is 0.496 e. The van der Waals surface area contributed by atoms with E-state index in [1.807, 2.05) is 24.3 Å². The van der Waals surface area contributed by atoms with Gasteiger partial charge in [-0.3, -0.25) is 0 Å². The second-order valence-electron chi connectivity index (χ2n) is 7.67. The minimum atomic E-state index is 0.224. The van der Waals surface area contributed by atoms with Crippen molar-refractivity contribution >= 4 is 0 Å². The van der Waals surface area contributed by atoms with E-state index >= 15 is 0 Å². The third kappa shape index (κ3) is 3.48. The van der Waals surface area contributed by atoms with Crippen molar-refractivity contribution in [2.24, 2.45) is 11.8 Å². The summed E-state index contributed by atoms with van der Waals surface area (Å²) in [6, 6.07) is 7.86. The fourth-order valence-electron chi connectivity index (χ4n) is 4.74. The molecule has 0 saturated heterocycles. The third-order valence-corrected chi connectivity index (χ3v) is 6.54. The first-order valence-electron chi connectivity index (χ1n) is 10.0. The Bertz CT molecular complexity index is 820. The zero-order valence-electron chi connectivity index (χ0n) is 19.1. The average molecular weight is 417 g/mol. The monoisotopic (exact) mass is 416 g/mol. The molecule has 2 aromatic rings. The van der Waals surface area contributed by atoms with Crippen LogP contribution in [0.1, 0.15) is 36.8 Å². The van der Waals surface area contributed by atoms with Crippen LogP contribution in [-0.4, -0.2) is 42.7 Å². The van der Waals surface area contributed by atoms with Crippen molar-refractivity contribution in [2.45, 2.75) is 25.7 Å². The second kappa shape index (κ2) is 8.94. The number of hydrogen-bond donors (Lipinski definition) is 0. The molecule has 6 heteroatoms. The summed E-state index contributed by atoms with van der Waals surface area (Å²) < 4.78 is 33.5. The van der Waals surface area contributed by atoms with Gasteiger partial charge in [-0.2, -0.15) is 0 Å². The average Bonchev–Trinajstić information content (AvgIpc) is 2.79. The SMILES string of the molecule is COc1cc(OC)c([C@H]2[C@H](C)[C@@H](C)[C@@H]2c2cc(OC)c(OC)cc2OC)cc1OC. The lowest BCUT2D eigenvalue weighted by molar-refractivity contribution is 0.117. The van der Waals surface area contributed by atoms with Gasteiger partial charge in [-0.1, -0.05) is 13.8 Å². The molecule has 1 aliphatic rings. The van der Waals surface area contributed by atoms with Crippen LogP contribution >= 0.6 is 0 Å². The molecule has 2 aromatic carbocycles. The molecule has 4 atom stereocenters. The summed E-state index contributed by atoms with van der Waals surface area (Å²) in [7, 11) is 9.92. The first-order chi connectivity index (χ1) is 14.4. The number of ether oxygens (including phenoxy) is 6. The number of hydrogen-bond acceptors (Lipinski definition) is 6. The summed E-state index contributed by atoms with van der Waals surface area (Å²) in [5, 5.41) is 0. The van der Waals surface area contributed by atoms with Crippen LogP contribution in [0.5, 0.6) is 34.5 Å². The van der Waals surface area contributed by atoms with Crippen molar-refractivity contribution in [3.63, 3.8) is 0 Å². The van der Waals surface area contributed by atoms with Gasteiger partial charge in [0.05, 0.1) is 42.7 Å². The topological polar surface area (TPSA) is 55.4 Å². The minimum absolute atomic E-state index is 0.224. The van der Waals surface area contributed by atoms with E-state index < -0.39 is 0 Å². The molecular weight excluding hydrogens is 384 g/mol. The van der Waals surface area contributed by atoms with Crippen LogP contribution in [0.3, 0.4) is 0 Å². The quantitative estimate of drug-likeness (QED) is 0.611. The summed E-state index contributed by atoms with van der Waals surface area (Å²) >= 11 is 0. The zero-order valence-corrected chi connectivity index (χ0v) is 19.1. The van der Waals surface area contributed by atoms with Crippen molar-refractivity contribution in [2.75, 3.05) is 42.7 Å². The lowest BCUT2D eigenvalue weighted by Crippen LogP contribution is -2.40. The summed E-state index contributed by atoms with van der Waals surface area (Å²) in [6.45, 7) is 4.55. The van der Waals surface area contributed by atoms with Crippen molar-refractivity contribution in [1.82, 2.24) is 0 Å². The van der Waals surface area contributed by atoms with Crippen molar-refractivity contribution in [3.05, 3.63) is 35.4 Å². The Hall–Kier alpha value is -2.76. The van der Waals surface area contributed by atoms with Gasteiger partial charge in [-0.05, 0) is 35.8 Å². The van der Waals surface area contributed by atoms with E-state index in [0.29, 0.717) is 34.8 Å². The van der Waals surface area contributed by atoms with Crippen LogP contribution in [-0.2, 0) is 0 Å². The van der Waals surface area contributed by atoms with Crippen LogP contribution in [0.4, 0.5) is 0 Å². The van der Waals surface area contributed by atoms with Gasteiger partial charge in [0, 0.05) is 23.3 Å². The zero-order chi connectivity index (χ0) is 22.0. The highest BCUT2D eigenvalue weighted by atomic mass is 16.5. The second-order valence-corrected chi connectivity index (χ2v) is 7.67. The van der Waals surface area contributed by atoms with E-state index in [1.54, 1.807) is 42.7 Å². The standard InChI is InChI=1S/C24H32O6/c1-13-14(2)24(16-10-20(28-6)22(30-8)12-18(16)26-4)23(13)15-9-19(27-5)21(29-7)11-17(15)25-3/h9-14,23-24H,1-8H3/t13-,14-,23-,24-/m1/s1. The highest BCUT2D eigenvalue weighted by Crippen LogP contribution is 2.61. The molecule has 1 saturated carbocycles. The van der Waals surface area contributed by atoms with Crippen LogP contribution < -0.4 is 28.4 Å². The van der Waals surface area contributed by atoms with Gasteiger partial charge < -0.3 is 28.4 Å². The maximum atomic E-state index is 5.74. The van der Waals surface area contributed by atoms with Gasteiger partial charge in [0.25, 0.3) is 0 Å². The number of rotatable bonds is 8. The van der Waals surface area contributed by atoms with Gasteiger partial charge >= 0.3 is 0 Å². The number of methoxy groups -OCH3 is 6. The summed E-state index contributed by atoms with van der Waals surface area (Å²) in [5.41, 5.74) is 2.20. The molecule has 6 nitrogen and oxygen atoms in total. The van der Waals surface area contributed by atoms with E-state index in [1.165, 1.54) is 0 Å². The molecule has 164 valence electrons. The van der Waals surface area contributed by atoms with Gasteiger partial charge in [0.2, 0.25) is 0 Å². The molecule has 0 bridgehead atoms. The smallest absolute Gasteiger partial charge is 0.164 e. The lowest BCUT2D eigenvalue weighted by atomic mass is 9.53. The predicted molar refractivity (Wildman–Crippen MR) is 116 cm³/mol. The van der Waals surface area contributed by atoms with Gasteiger partial charge in [0.15, 0.2) is 23.0 Å². The Labute approximate surface area is 179 Å². The third-order valence-electron chi connectivity index (χ3n) is 6.54. The molecule has 0 heterocycles.